The molecule has 0 saturated carbocycles. The van der Waals surface area contributed by atoms with Crippen LogP contribution in [0.1, 0.15) is 83.6 Å². The molecule has 1 saturated heterocycles. The smallest absolute Gasteiger partial charge is 0.309 e. The highest BCUT2D eigenvalue weighted by molar-refractivity contribution is 5.71. The summed E-state index contributed by atoms with van der Waals surface area (Å²) in [5.74, 6) is 0.00111. The number of aliphatic carboxylic acids is 1. The molecule has 0 spiro atoms. The summed E-state index contributed by atoms with van der Waals surface area (Å²) in [7, 11) is 0. The van der Waals surface area contributed by atoms with Crippen molar-refractivity contribution in [2.45, 2.75) is 90.4 Å². The Hall–Kier alpha value is -2.53. The van der Waals surface area contributed by atoms with E-state index in [9.17, 15) is 9.90 Å². The topological polar surface area (TPSA) is 65.0 Å². The van der Waals surface area contributed by atoms with E-state index < -0.39 is 23.6 Å². The van der Waals surface area contributed by atoms with Crippen LogP contribution in [0.4, 0.5) is 0 Å². The Kier molecular flexibility index (Phi) is 7.19. The van der Waals surface area contributed by atoms with Gasteiger partial charge in [0.15, 0.2) is 0 Å². The molecule has 4 atom stereocenters. The van der Waals surface area contributed by atoms with E-state index in [1.54, 1.807) is 0 Å². The molecule has 4 rings (SSSR count). The van der Waals surface area contributed by atoms with Gasteiger partial charge in [-0.05, 0) is 73.9 Å². The van der Waals surface area contributed by atoms with E-state index in [1.807, 2.05) is 32.0 Å². The SMILES string of the molecule is CCCCc1ccc2c(c1)[C@H]1O[C@@H](COc3ccc(C(C)(C)C)cc3)[C@H](C(=O)O)C[C@@H]1C(C)(C)O2. The molecule has 0 aliphatic carbocycles. The first-order chi connectivity index (χ1) is 16.5. The van der Waals surface area contributed by atoms with Crippen LogP contribution in [-0.4, -0.2) is 29.4 Å². The zero-order valence-corrected chi connectivity index (χ0v) is 22.0. The number of rotatable bonds is 7. The largest absolute Gasteiger partial charge is 0.491 e. The molecule has 1 fully saturated rings. The normalized spacial score (nSPS) is 25.2. The number of aryl methyl sites for hydroxylation is 1. The lowest BCUT2D eigenvalue weighted by atomic mass is 9.71. The van der Waals surface area contributed by atoms with Gasteiger partial charge in [0, 0.05) is 11.5 Å². The minimum Gasteiger partial charge on any atom is -0.491 e. The van der Waals surface area contributed by atoms with Gasteiger partial charge < -0.3 is 19.3 Å². The number of carboxylic acids is 1. The predicted octanol–water partition coefficient (Wildman–Crippen LogP) is 6.72. The van der Waals surface area contributed by atoms with Gasteiger partial charge in [0.25, 0.3) is 0 Å². The van der Waals surface area contributed by atoms with Crippen LogP contribution < -0.4 is 9.47 Å². The molecule has 1 N–H and O–H groups in total. The average molecular weight is 481 g/mol. The number of ether oxygens (including phenoxy) is 3. The van der Waals surface area contributed by atoms with Crippen molar-refractivity contribution in [2.75, 3.05) is 6.61 Å². The van der Waals surface area contributed by atoms with Crippen LogP contribution in [0.25, 0.3) is 0 Å². The van der Waals surface area contributed by atoms with E-state index in [2.05, 4.69) is 52.0 Å². The molecule has 2 aliphatic rings. The van der Waals surface area contributed by atoms with Crippen molar-refractivity contribution in [3.63, 3.8) is 0 Å². The summed E-state index contributed by atoms with van der Waals surface area (Å²) < 4.78 is 19.0. The maximum atomic E-state index is 12.3. The van der Waals surface area contributed by atoms with Crippen LogP contribution in [0.2, 0.25) is 0 Å². The van der Waals surface area contributed by atoms with Crippen LogP contribution in [0.15, 0.2) is 42.5 Å². The zero-order chi connectivity index (χ0) is 25.4. The van der Waals surface area contributed by atoms with E-state index in [4.69, 9.17) is 14.2 Å². The fourth-order valence-corrected chi connectivity index (χ4v) is 5.32. The first kappa shape index (κ1) is 25.6. The Labute approximate surface area is 209 Å². The van der Waals surface area contributed by atoms with Gasteiger partial charge in [-0.1, -0.05) is 52.3 Å². The molecule has 0 amide bonds. The average Bonchev–Trinajstić information content (AvgIpc) is 2.80. The molecule has 0 unspecified atom stereocenters. The second-order valence-corrected chi connectivity index (χ2v) is 11.6. The third kappa shape index (κ3) is 5.50. The van der Waals surface area contributed by atoms with E-state index >= 15 is 0 Å². The molecule has 2 aliphatic heterocycles. The fourth-order valence-electron chi connectivity index (χ4n) is 5.32. The maximum absolute atomic E-state index is 12.3. The van der Waals surface area contributed by atoms with Gasteiger partial charge in [-0.15, -0.1) is 0 Å². The minimum absolute atomic E-state index is 0.0557. The lowest BCUT2D eigenvalue weighted by molar-refractivity contribution is -0.192. The first-order valence-corrected chi connectivity index (χ1v) is 12.9. The van der Waals surface area contributed by atoms with Gasteiger partial charge in [0.2, 0.25) is 0 Å². The van der Waals surface area contributed by atoms with E-state index in [0.717, 1.165) is 36.3 Å². The van der Waals surface area contributed by atoms with Crippen LogP contribution in [0, 0.1) is 11.8 Å². The monoisotopic (exact) mass is 480 g/mol. The Balaban J connectivity index is 1.57. The number of hydrogen-bond acceptors (Lipinski definition) is 4. The Morgan fingerprint density at radius 3 is 2.49 bits per heavy atom. The Bertz CT molecular complexity index is 1030. The van der Waals surface area contributed by atoms with Crippen molar-refractivity contribution in [1.29, 1.82) is 0 Å². The Morgan fingerprint density at radius 1 is 1.14 bits per heavy atom. The molecule has 5 nitrogen and oxygen atoms in total. The summed E-state index contributed by atoms with van der Waals surface area (Å²) in [6.07, 6.45) is 3.01. The summed E-state index contributed by atoms with van der Waals surface area (Å²) in [6.45, 7) is 13.0. The number of fused-ring (bicyclic) bond motifs is 3. The number of hydrogen-bond donors (Lipinski definition) is 1. The minimum atomic E-state index is -0.849. The second-order valence-electron chi connectivity index (χ2n) is 11.6. The molecule has 0 bridgehead atoms. The van der Waals surface area contributed by atoms with Gasteiger partial charge >= 0.3 is 5.97 Å². The lowest BCUT2D eigenvalue weighted by Crippen LogP contribution is -2.53. The summed E-state index contributed by atoms with van der Waals surface area (Å²) in [5, 5.41) is 10.1. The molecule has 2 heterocycles. The lowest BCUT2D eigenvalue weighted by Gasteiger charge is -2.50. The van der Waals surface area contributed by atoms with Crippen molar-refractivity contribution < 1.29 is 24.1 Å². The van der Waals surface area contributed by atoms with E-state index in [-0.39, 0.29) is 24.0 Å². The van der Waals surface area contributed by atoms with Gasteiger partial charge in [0.05, 0.1) is 12.0 Å². The van der Waals surface area contributed by atoms with Crippen molar-refractivity contribution in [3.8, 4) is 11.5 Å². The summed E-state index contributed by atoms with van der Waals surface area (Å²) in [5.41, 5.74) is 3.07. The van der Waals surface area contributed by atoms with Crippen molar-refractivity contribution in [2.24, 2.45) is 11.8 Å². The first-order valence-electron chi connectivity index (χ1n) is 12.9. The van der Waals surface area contributed by atoms with Gasteiger partial charge in [-0.25, -0.2) is 0 Å². The molecule has 5 heteroatoms. The summed E-state index contributed by atoms with van der Waals surface area (Å²) in [6, 6.07) is 14.4. The predicted molar refractivity (Wildman–Crippen MR) is 137 cm³/mol. The quantitative estimate of drug-likeness (QED) is 0.476. The van der Waals surface area contributed by atoms with Gasteiger partial charge in [0.1, 0.15) is 29.8 Å². The highest BCUT2D eigenvalue weighted by atomic mass is 16.6. The van der Waals surface area contributed by atoms with Crippen molar-refractivity contribution in [1.82, 2.24) is 0 Å². The van der Waals surface area contributed by atoms with Crippen LogP contribution in [0.5, 0.6) is 11.5 Å². The fraction of sp³-hybridized carbons (Fsp3) is 0.567. The molecule has 2 aromatic rings. The highest BCUT2D eigenvalue weighted by Gasteiger charge is 2.52. The molecular formula is C30H40O5. The van der Waals surface area contributed by atoms with Crippen LogP contribution >= 0.6 is 0 Å². The molecule has 2 aromatic carbocycles. The highest BCUT2D eigenvalue weighted by Crippen LogP contribution is 2.52. The summed E-state index contributed by atoms with van der Waals surface area (Å²) >= 11 is 0. The van der Waals surface area contributed by atoms with Crippen LogP contribution in [-0.2, 0) is 21.4 Å². The van der Waals surface area contributed by atoms with Crippen molar-refractivity contribution >= 4 is 5.97 Å². The third-order valence-corrected chi connectivity index (χ3v) is 7.56. The standard InChI is InChI=1S/C30H40O5/c1-7-8-9-19-10-15-25-22(16-19)27-24(30(5,6)35-25)17-23(28(31)32)26(34-27)18-33-21-13-11-20(12-14-21)29(2,3)4/h10-16,23-24,26-27H,7-9,17-18H2,1-6H3,(H,31,32)/t23-,24+,26+,27-/m1/s1. The number of carbonyl (C=O) groups is 1. The molecule has 190 valence electrons. The van der Waals surface area contributed by atoms with Crippen molar-refractivity contribution in [3.05, 3.63) is 59.2 Å². The maximum Gasteiger partial charge on any atom is 0.309 e. The molecular weight excluding hydrogens is 440 g/mol. The van der Waals surface area contributed by atoms with E-state index in [0.29, 0.717) is 6.42 Å². The summed E-state index contributed by atoms with van der Waals surface area (Å²) in [4.78, 5) is 12.3. The third-order valence-electron chi connectivity index (χ3n) is 7.56. The second kappa shape index (κ2) is 9.85. The molecule has 0 aromatic heterocycles. The molecule has 35 heavy (non-hydrogen) atoms. The molecule has 0 radical (unpaired) electrons. The zero-order valence-electron chi connectivity index (χ0n) is 22.0. The van der Waals surface area contributed by atoms with Crippen LogP contribution in [0.3, 0.4) is 0 Å². The van der Waals surface area contributed by atoms with Gasteiger partial charge in [-0.2, -0.15) is 0 Å². The number of benzene rings is 2. The Morgan fingerprint density at radius 2 is 1.86 bits per heavy atom. The van der Waals surface area contributed by atoms with E-state index in [1.165, 1.54) is 11.1 Å². The van der Waals surface area contributed by atoms with Gasteiger partial charge in [-0.3, -0.25) is 4.79 Å². The number of carboxylic acid groups (broad SMARTS) is 1. The number of unbranched alkanes of at least 4 members (excludes halogenated alkanes) is 1.